The molecule has 1 heterocycles. The standard InChI is InChI=1S/C11H7BrN4/c12-9-3-1-2-4-10(9)16-11-8(5-13)6-14-7-15-11/h1-4,6-7H,(H,14,15,16). The molecule has 2 aromatic rings. The fourth-order valence-corrected chi connectivity index (χ4v) is 1.59. The molecule has 1 aromatic carbocycles. The summed E-state index contributed by atoms with van der Waals surface area (Å²) in [5, 5.41) is 12.0. The highest BCUT2D eigenvalue weighted by atomic mass is 79.9. The van der Waals surface area contributed by atoms with E-state index in [1.807, 2.05) is 30.3 Å². The van der Waals surface area contributed by atoms with Crippen molar-refractivity contribution < 1.29 is 0 Å². The average Bonchev–Trinajstić information content (AvgIpc) is 2.33. The second kappa shape index (κ2) is 4.73. The van der Waals surface area contributed by atoms with Gasteiger partial charge < -0.3 is 5.32 Å². The maximum absolute atomic E-state index is 8.88. The molecule has 5 heteroatoms. The van der Waals surface area contributed by atoms with Crippen LogP contribution in [0.5, 0.6) is 0 Å². The second-order valence-electron chi connectivity index (χ2n) is 3.00. The van der Waals surface area contributed by atoms with Crippen LogP contribution < -0.4 is 5.32 Å². The number of rotatable bonds is 2. The number of anilines is 2. The predicted molar refractivity (Wildman–Crippen MR) is 64.2 cm³/mol. The number of nitrogens with zero attached hydrogens (tertiary/aromatic N) is 3. The van der Waals surface area contributed by atoms with E-state index in [4.69, 9.17) is 5.26 Å². The normalized spacial score (nSPS) is 9.50. The van der Waals surface area contributed by atoms with Crippen LogP contribution >= 0.6 is 15.9 Å². The smallest absolute Gasteiger partial charge is 0.151 e. The summed E-state index contributed by atoms with van der Waals surface area (Å²) in [5.41, 5.74) is 1.27. The molecule has 4 nitrogen and oxygen atoms in total. The Bertz CT molecular complexity index is 548. The van der Waals surface area contributed by atoms with E-state index in [1.165, 1.54) is 12.5 Å². The summed E-state index contributed by atoms with van der Waals surface area (Å²) in [6, 6.07) is 9.66. The van der Waals surface area contributed by atoms with Crippen molar-refractivity contribution in [2.45, 2.75) is 0 Å². The molecule has 0 fully saturated rings. The van der Waals surface area contributed by atoms with Gasteiger partial charge in [0.15, 0.2) is 5.82 Å². The van der Waals surface area contributed by atoms with E-state index in [9.17, 15) is 0 Å². The van der Waals surface area contributed by atoms with Gasteiger partial charge in [-0.1, -0.05) is 12.1 Å². The molecule has 0 saturated heterocycles. The SMILES string of the molecule is N#Cc1cncnc1Nc1ccccc1Br. The van der Waals surface area contributed by atoms with Crippen LogP contribution in [0.15, 0.2) is 41.3 Å². The van der Waals surface area contributed by atoms with Crippen molar-refractivity contribution in [1.82, 2.24) is 9.97 Å². The molecule has 0 aliphatic heterocycles. The van der Waals surface area contributed by atoms with Crippen LogP contribution in [0.25, 0.3) is 0 Å². The summed E-state index contributed by atoms with van der Waals surface area (Å²) < 4.78 is 0.914. The Kier molecular flexibility index (Phi) is 3.13. The lowest BCUT2D eigenvalue weighted by molar-refractivity contribution is 1.15. The van der Waals surface area contributed by atoms with Gasteiger partial charge in [0.05, 0.1) is 11.9 Å². The number of nitrogens with one attached hydrogen (secondary N) is 1. The van der Waals surface area contributed by atoms with Gasteiger partial charge in [0.25, 0.3) is 0 Å². The number of aromatic nitrogens is 2. The number of halogens is 1. The number of hydrogen-bond acceptors (Lipinski definition) is 4. The lowest BCUT2D eigenvalue weighted by atomic mass is 10.3. The van der Waals surface area contributed by atoms with Gasteiger partial charge in [0.1, 0.15) is 18.0 Å². The zero-order chi connectivity index (χ0) is 11.4. The molecule has 1 aromatic heterocycles. The zero-order valence-electron chi connectivity index (χ0n) is 8.18. The van der Waals surface area contributed by atoms with Crippen molar-refractivity contribution in [3.05, 3.63) is 46.8 Å². The fraction of sp³-hybridized carbons (Fsp3) is 0. The minimum Gasteiger partial charge on any atom is -0.338 e. The Hall–Kier alpha value is -1.93. The van der Waals surface area contributed by atoms with Crippen LogP contribution in [0, 0.1) is 11.3 Å². The van der Waals surface area contributed by atoms with Gasteiger partial charge in [-0.2, -0.15) is 5.26 Å². The third kappa shape index (κ3) is 2.18. The third-order valence-electron chi connectivity index (χ3n) is 1.96. The first-order chi connectivity index (χ1) is 7.81. The molecule has 0 amide bonds. The lowest BCUT2D eigenvalue weighted by Gasteiger charge is -2.07. The molecule has 0 spiro atoms. The highest BCUT2D eigenvalue weighted by Gasteiger charge is 2.05. The highest BCUT2D eigenvalue weighted by molar-refractivity contribution is 9.10. The maximum Gasteiger partial charge on any atom is 0.151 e. The van der Waals surface area contributed by atoms with Crippen molar-refractivity contribution in [3.8, 4) is 6.07 Å². The summed E-state index contributed by atoms with van der Waals surface area (Å²) >= 11 is 3.41. The monoisotopic (exact) mass is 274 g/mol. The largest absolute Gasteiger partial charge is 0.338 e. The Balaban J connectivity index is 2.35. The minimum atomic E-state index is 0.415. The number of hydrogen-bond donors (Lipinski definition) is 1. The van der Waals surface area contributed by atoms with Crippen LogP contribution in [-0.4, -0.2) is 9.97 Å². The molecule has 0 aliphatic rings. The molecule has 16 heavy (non-hydrogen) atoms. The lowest BCUT2D eigenvalue weighted by Crippen LogP contribution is -1.97. The second-order valence-corrected chi connectivity index (χ2v) is 3.86. The highest BCUT2D eigenvalue weighted by Crippen LogP contribution is 2.25. The van der Waals surface area contributed by atoms with Crippen molar-refractivity contribution in [2.75, 3.05) is 5.32 Å². The summed E-state index contributed by atoms with van der Waals surface area (Å²) in [6.07, 6.45) is 2.88. The molecule has 78 valence electrons. The van der Waals surface area contributed by atoms with Crippen molar-refractivity contribution in [1.29, 1.82) is 5.26 Å². The van der Waals surface area contributed by atoms with Gasteiger partial charge >= 0.3 is 0 Å². The van der Waals surface area contributed by atoms with E-state index >= 15 is 0 Å². The summed E-state index contributed by atoms with van der Waals surface area (Å²) in [4.78, 5) is 7.82. The topological polar surface area (TPSA) is 61.6 Å². The van der Waals surface area contributed by atoms with Gasteiger partial charge in [-0.3, -0.25) is 0 Å². The van der Waals surface area contributed by atoms with Crippen LogP contribution in [0.1, 0.15) is 5.56 Å². The zero-order valence-corrected chi connectivity index (χ0v) is 9.77. The van der Waals surface area contributed by atoms with E-state index in [-0.39, 0.29) is 0 Å². The number of benzene rings is 1. The van der Waals surface area contributed by atoms with E-state index in [0.717, 1.165) is 10.2 Å². The van der Waals surface area contributed by atoms with Crippen LogP contribution in [0.3, 0.4) is 0 Å². The summed E-state index contributed by atoms with van der Waals surface area (Å²) in [5.74, 6) is 0.504. The van der Waals surface area contributed by atoms with Crippen LogP contribution in [0.4, 0.5) is 11.5 Å². The van der Waals surface area contributed by atoms with E-state index < -0.39 is 0 Å². The van der Waals surface area contributed by atoms with Gasteiger partial charge in [-0.15, -0.1) is 0 Å². The van der Waals surface area contributed by atoms with E-state index in [2.05, 4.69) is 31.2 Å². The van der Waals surface area contributed by atoms with E-state index in [0.29, 0.717) is 11.4 Å². The molecule has 0 aliphatic carbocycles. The third-order valence-corrected chi connectivity index (χ3v) is 2.65. The molecule has 0 radical (unpaired) electrons. The molecule has 0 bridgehead atoms. The average molecular weight is 275 g/mol. The predicted octanol–water partition coefficient (Wildman–Crippen LogP) is 2.85. The molecule has 2 rings (SSSR count). The van der Waals surface area contributed by atoms with Crippen molar-refractivity contribution in [2.24, 2.45) is 0 Å². The number of para-hydroxylation sites is 1. The Morgan fingerprint density at radius 3 is 2.88 bits per heavy atom. The van der Waals surface area contributed by atoms with Crippen LogP contribution in [0.2, 0.25) is 0 Å². The minimum absolute atomic E-state index is 0.415. The Labute approximate surface area is 101 Å². The maximum atomic E-state index is 8.88. The Morgan fingerprint density at radius 1 is 1.31 bits per heavy atom. The van der Waals surface area contributed by atoms with Crippen LogP contribution in [-0.2, 0) is 0 Å². The van der Waals surface area contributed by atoms with Gasteiger partial charge in [0, 0.05) is 4.47 Å². The molecular weight excluding hydrogens is 268 g/mol. The van der Waals surface area contributed by atoms with Gasteiger partial charge in [0.2, 0.25) is 0 Å². The first-order valence-corrected chi connectivity index (χ1v) is 5.32. The molecular formula is C11H7BrN4. The Morgan fingerprint density at radius 2 is 2.12 bits per heavy atom. The summed E-state index contributed by atoms with van der Waals surface area (Å²) in [6.45, 7) is 0. The molecule has 0 atom stereocenters. The molecule has 1 N–H and O–H groups in total. The first-order valence-electron chi connectivity index (χ1n) is 4.53. The van der Waals surface area contributed by atoms with Gasteiger partial charge in [-0.25, -0.2) is 9.97 Å². The first kappa shape index (κ1) is 10.6. The van der Waals surface area contributed by atoms with Gasteiger partial charge in [-0.05, 0) is 28.1 Å². The quantitative estimate of drug-likeness (QED) is 0.915. The number of nitriles is 1. The van der Waals surface area contributed by atoms with Crippen molar-refractivity contribution in [3.63, 3.8) is 0 Å². The fourth-order valence-electron chi connectivity index (χ4n) is 1.20. The van der Waals surface area contributed by atoms with Crippen molar-refractivity contribution >= 4 is 27.4 Å². The van der Waals surface area contributed by atoms with E-state index in [1.54, 1.807) is 0 Å². The molecule has 0 saturated carbocycles. The summed E-state index contributed by atoms with van der Waals surface area (Å²) in [7, 11) is 0. The molecule has 0 unspecified atom stereocenters.